The fourth-order valence-electron chi connectivity index (χ4n) is 3.54. The second kappa shape index (κ2) is 8.65. The van der Waals surface area contributed by atoms with Crippen molar-refractivity contribution in [2.24, 2.45) is 5.92 Å². The molecule has 1 atom stereocenters. The van der Waals surface area contributed by atoms with Crippen LogP contribution >= 0.6 is 0 Å². The minimum absolute atomic E-state index is 0.0173. The van der Waals surface area contributed by atoms with Gasteiger partial charge in [-0.1, -0.05) is 24.3 Å². The van der Waals surface area contributed by atoms with Gasteiger partial charge in [-0.05, 0) is 24.0 Å². The Hall–Kier alpha value is -3.22. The van der Waals surface area contributed by atoms with E-state index in [2.05, 4.69) is 49.4 Å². The minimum Gasteiger partial charge on any atom is -0.355 e. The zero-order valence-electron chi connectivity index (χ0n) is 15.7. The van der Waals surface area contributed by atoms with Gasteiger partial charge in [0.15, 0.2) is 0 Å². The van der Waals surface area contributed by atoms with Gasteiger partial charge < -0.3 is 14.8 Å². The van der Waals surface area contributed by atoms with Crippen LogP contribution in [0.25, 0.3) is 0 Å². The highest BCUT2D eigenvalue weighted by molar-refractivity contribution is 5.79. The van der Waals surface area contributed by atoms with Crippen LogP contribution in [0.1, 0.15) is 24.0 Å². The van der Waals surface area contributed by atoms with E-state index in [9.17, 15) is 4.79 Å². The van der Waals surface area contributed by atoms with Gasteiger partial charge in [-0.25, -0.2) is 9.97 Å². The third kappa shape index (κ3) is 4.54. The van der Waals surface area contributed by atoms with Crippen LogP contribution in [0.5, 0.6) is 0 Å². The smallest absolute Gasteiger partial charge is 0.225 e. The summed E-state index contributed by atoms with van der Waals surface area (Å²) in [6.07, 6.45) is 12.5. The molecule has 0 radical (unpaired) electrons. The Morgan fingerprint density at radius 2 is 1.96 bits per heavy atom. The predicted octanol–water partition coefficient (Wildman–Crippen LogP) is 2.25. The van der Waals surface area contributed by atoms with E-state index in [4.69, 9.17) is 0 Å². The lowest BCUT2D eigenvalue weighted by molar-refractivity contribution is -0.125. The summed E-state index contributed by atoms with van der Waals surface area (Å²) in [5, 5.41) is 3.09. The lowest BCUT2D eigenvalue weighted by Gasteiger charge is -2.32. The van der Waals surface area contributed by atoms with Crippen molar-refractivity contribution < 1.29 is 4.79 Å². The molecule has 28 heavy (non-hydrogen) atoms. The van der Waals surface area contributed by atoms with E-state index >= 15 is 0 Å². The summed E-state index contributed by atoms with van der Waals surface area (Å²) in [6.45, 7) is 2.95. The summed E-state index contributed by atoms with van der Waals surface area (Å²) < 4.78 is 2.03. The van der Waals surface area contributed by atoms with Crippen LogP contribution in [0.2, 0.25) is 0 Å². The molecule has 1 aliphatic rings. The van der Waals surface area contributed by atoms with Crippen LogP contribution in [0.15, 0.2) is 61.6 Å². The number of carbonyl (C=O) groups excluding carboxylic acids is 1. The Bertz CT molecular complexity index is 879. The van der Waals surface area contributed by atoms with E-state index in [1.54, 1.807) is 24.8 Å². The second-order valence-electron chi connectivity index (χ2n) is 7.12. The van der Waals surface area contributed by atoms with Crippen molar-refractivity contribution in [1.82, 2.24) is 24.8 Å². The third-order valence-electron chi connectivity index (χ3n) is 5.08. The maximum atomic E-state index is 12.6. The average Bonchev–Trinajstić information content (AvgIpc) is 3.27. The number of aromatic nitrogens is 4. The summed E-state index contributed by atoms with van der Waals surface area (Å²) in [7, 11) is 0. The van der Waals surface area contributed by atoms with Crippen molar-refractivity contribution in [1.29, 1.82) is 0 Å². The summed E-state index contributed by atoms with van der Waals surface area (Å²) in [4.78, 5) is 27.3. The van der Waals surface area contributed by atoms with Gasteiger partial charge in [-0.15, -0.1) is 0 Å². The monoisotopic (exact) mass is 376 g/mol. The predicted molar refractivity (Wildman–Crippen MR) is 107 cm³/mol. The van der Waals surface area contributed by atoms with Gasteiger partial charge in [0.05, 0.1) is 18.4 Å². The van der Waals surface area contributed by atoms with Crippen molar-refractivity contribution >= 4 is 11.7 Å². The first kappa shape index (κ1) is 18.2. The van der Waals surface area contributed by atoms with Gasteiger partial charge >= 0.3 is 0 Å². The maximum absolute atomic E-state index is 12.6. The molecule has 1 saturated heterocycles. The van der Waals surface area contributed by atoms with E-state index in [1.165, 1.54) is 5.56 Å². The number of benzene rings is 1. The highest BCUT2D eigenvalue weighted by atomic mass is 16.1. The van der Waals surface area contributed by atoms with E-state index in [1.807, 2.05) is 17.1 Å². The lowest BCUT2D eigenvalue weighted by atomic mass is 9.97. The number of nitrogens with one attached hydrogen (secondary N) is 1. The van der Waals surface area contributed by atoms with Crippen LogP contribution in [0.4, 0.5) is 5.82 Å². The molecule has 1 aliphatic heterocycles. The Labute approximate surface area is 164 Å². The fourth-order valence-corrected chi connectivity index (χ4v) is 3.54. The Balaban J connectivity index is 1.29. The molecule has 3 aromatic rings. The van der Waals surface area contributed by atoms with Crippen LogP contribution in [-0.4, -0.2) is 38.5 Å². The number of piperidine rings is 1. The second-order valence-corrected chi connectivity index (χ2v) is 7.12. The average molecular weight is 376 g/mol. The van der Waals surface area contributed by atoms with Crippen LogP contribution in [0, 0.1) is 5.92 Å². The standard InChI is InChI=1S/C21H24N6O/c28-21(19-2-1-10-27(15-19)20-13-22-7-8-24-20)25-12-17-3-5-18(6-4-17)14-26-11-9-23-16-26/h3-9,11,13,16,19H,1-2,10,12,14-15H2,(H,25,28). The van der Waals surface area contributed by atoms with Gasteiger partial charge in [0, 0.05) is 51.0 Å². The maximum Gasteiger partial charge on any atom is 0.225 e. The van der Waals surface area contributed by atoms with Crippen molar-refractivity contribution in [2.45, 2.75) is 25.9 Å². The summed E-state index contributed by atoms with van der Waals surface area (Å²) in [5.74, 6) is 0.931. The molecule has 144 valence electrons. The van der Waals surface area contributed by atoms with E-state index in [-0.39, 0.29) is 11.8 Å². The topological polar surface area (TPSA) is 75.9 Å². The molecule has 1 amide bonds. The Morgan fingerprint density at radius 1 is 1.11 bits per heavy atom. The molecule has 7 heteroatoms. The van der Waals surface area contributed by atoms with Crippen molar-refractivity contribution in [3.8, 4) is 0 Å². The van der Waals surface area contributed by atoms with Gasteiger partial charge in [0.2, 0.25) is 5.91 Å². The summed E-state index contributed by atoms with van der Waals surface area (Å²) >= 11 is 0. The SMILES string of the molecule is O=C(NCc1ccc(Cn2ccnc2)cc1)C1CCCN(c2cnccn2)C1. The first-order valence-electron chi connectivity index (χ1n) is 9.60. The molecule has 0 spiro atoms. The molecule has 1 fully saturated rings. The van der Waals surface area contributed by atoms with Crippen molar-refractivity contribution in [2.75, 3.05) is 18.0 Å². The summed E-state index contributed by atoms with van der Waals surface area (Å²) in [6, 6.07) is 8.33. The van der Waals surface area contributed by atoms with Gasteiger partial charge in [-0.3, -0.25) is 9.78 Å². The fraction of sp³-hybridized carbons (Fsp3) is 0.333. The number of nitrogens with zero attached hydrogens (tertiary/aromatic N) is 5. The minimum atomic E-state index is -0.0173. The van der Waals surface area contributed by atoms with E-state index in [0.29, 0.717) is 13.1 Å². The summed E-state index contributed by atoms with van der Waals surface area (Å²) in [5.41, 5.74) is 2.31. The molecule has 0 bridgehead atoms. The molecule has 0 aliphatic carbocycles. The van der Waals surface area contributed by atoms with E-state index < -0.39 is 0 Å². The first-order chi connectivity index (χ1) is 13.8. The van der Waals surface area contributed by atoms with Crippen LogP contribution < -0.4 is 10.2 Å². The highest BCUT2D eigenvalue weighted by Crippen LogP contribution is 2.21. The molecule has 0 saturated carbocycles. The molecular weight excluding hydrogens is 352 g/mol. The highest BCUT2D eigenvalue weighted by Gasteiger charge is 2.26. The van der Waals surface area contributed by atoms with Crippen LogP contribution in [0.3, 0.4) is 0 Å². The third-order valence-corrected chi connectivity index (χ3v) is 5.08. The molecule has 2 aromatic heterocycles. The first-order valence-corrected chi connectivity index (χ1v) is 9.60. The number of imidazole rings is 1. The molecular formula is C21H24N6O. The molecule has 4 rings (SSSR count). The van der Waals surface area contributed by atoms with Crippen molar-refractivity contribution in [3.63, 3.8) is 0 Å². The van der Waals surface area contributed by atoms with Gasteiger partial charge in [0.1, 0.15) is 5.82 Å². The number of hydrogen-bond donors (Lipinski definition) is 1. The Morgan fingerprint density at radius 3 is 2.71 bits per heavy atom. The van der Waals surface area contributed by atoms with Gasteiger partial charge in [0.25, 0.3) is 0 Å². The normalized spacial score (nSPS) is 16.7. The number of hydrogen-bond acceptors (Lipinski definition) is 5. The van der Waals surface area contributed by atoms with Gasteiger partial charge in [-0.2, -0.15) is 0 Å². The number of anilines is 1. The van der Waals surface area contributed by atoms with Crippen molar-refractivity contribution in [3.05, 3.63) is 72.7 Å². The molecule has 1 N–H and O–H groups in total. The lowest BCUT2D eigenvalue weighted by Crippen LogP contribution is -2.43. The van der Waals surface area contributed by atoms with Crippen LogP contribution in [-0.2, 0) is 17.9 Å². The quantitative estimate of drug-likeness (QED) is 0.714. The number of rotatable bonds is 6. The zero-order chi connectivity index (χ0) is 19.2. The Kier molecular flexibility index (Phi) is 5.61. The number of carbonyl (C=O) groups is 1. The zero-order valence-corrected chi connectivity index (χ0v) is 15.7. The largest absolute Gasteiger partial charge is 0.355 e. The van der Waals surface area contributed by atoms with E-state index in [0.717, 1.165) is 37.3 Å². The molecule has 1 unspecified atom stereocenters. The molecule has 1 aromatic carbocycles. The number of amides is 1. The molecule has 3 heterocycles. The molecule has 7 nitrogen and oxygen atoms in total.